The third-order valence-electron chi connectivity index (χ3n) is 3.40. The molecule has 1 atom stereocenters. The maximum atomic E-state index is 12.5. The zero-order valence-corrected chi connectivity index (χ0v) is 14.5. The Hall–Kier alpha value is -1.39. The monoisotopic (exact) mass is 365 g/mol. The minimum absolute atomic E-state index is 0.0595. The molecular formula is C14H22F3N5OS. The van der Waals surface area contributed by atoms with Crippen LogP contribution in [-0.4, -0.2) is 61.8 Å². The van der Waals surface area contributed by atoms with Crippen molar-refractivity contribution in [2.24, 2.45) is 4.99 Å². The summed E-state index contributed by atoms with van der Waals surface area (Å²) in [6.45, 7) is 5.69. The van der Waals surface area contributed by atoms with Gasteiger partial charge in [0, 0.05) is 31.6 Å². The molecule has 0 aliphatic carbocycles. The first-order valence-corrected chi connectivity index (χ1v) is 8.60. The molecule has 2 N–H and O–H groups in total. The van der Waals surface area contributed by atoms with E-state index in [0.717, 1.165) is 29.8 Å². The number of morpholine rings is 1. The van der Waals surface area contributed by atoms with Crippen molar-refractivity contribution in [3.05, 3.63) is 16.1 Å². The third-order valence-corrected chi connectivity index (χ3v) is 4.23. The molecule has 1 fully saturated rings. The number of nitrogens with zero attached hydrogens (tertiary/aromatic N) is 3. The van der Waals surface area contributed by atoms with Gasteiger partial charge in [0.05, 0.1) is 19.3 Å². The van der Waals surface area contributed by atoms with Crippen molar-refractivity contribution >= 4 is 17.3 Å². The zero-order valence-electron chi connectivity index (χ0n) is 13.7. The van der Waals surface area contributed by atoms with E-state index in [1.807, 2.05) is 14.0 Å². The van der Waals surface area contributed by atoms with Crippen LogP contribution >= 0.6 is 11.3 Å². The Labute approximate surface area is 143 Å². The molecule has 1 aliphatic heterocycles. The van der Waals surface area contributed by atoms with E-state index in [1.165, 1.54) is 0 Å². The average Bonchev–Trinajstić information content (AvgIpc) is 2.99. The minimum atomic E-state index is -4.41. The van der Waals surface area contributed by atoms with Crippen LogP contribution in [0.15, 0.2) is 10.4 Å². The van der Waals surface area contributed by atoms with Gasteiger partial charge in [0.25, 0.3) is 0 Å². The lowest BCUT2D eigenvalue weighted by Gasteiger charge is -2.30. The Balaban J connectivity index is 1.89. The van der Waals surface area contributed by atoms with Crippen molar-refractivity contribution in [3.63, 3.8) is 0 Å². The van der Waals surface area contributed by atoms with Crippen LogP contribution < -0.4 is 10.6 Å². The molecule has 1 unspecified atom stereocenters. The van der Waals surface area contributed by atoms with Gasteiger partial charge in [-0.1, -0.05) is 0 Å². The second kappa shape index (κ2) is 8.63. The van der Waals surface area contributed by atoms with Gasteiger partial charge in [-0.2, -0.15) is 13.2 Å². The molecule has 0 radical (unpaired) electrons. The Morgan fingerprint density at radius 3 is 2.92 bits per heavy atom. The number of thiazole rings is 1. The normalized spacial score (nSPS) is 20.2. The van der Waals surface area contributed by atoms with E-state index in [2.05, 4.69) is 25.5 Å². The van der Waals surface area contributed by atoms with Crippen LogP contribution in [0.3, 0.4) is 0 Å². The number of guanidine groups is 1. The Bertz CT molecular complexity index is 549. The molecule has 10 heteroatoms. The third kappa shape index (κ3) is 5.91. The molecule has 24 heavy (non-hydrogen) atoms. The summed E-state index contributed by atoms with van der Waals surface area (Å²) in [6, 6.07) is 0. The van der Waals surface area contributed by atoms with Gasteiger partial charge in [0.15, 0.2) is 11.7 Å². The highest BCUT2D eigenvalue weighted by molar-refractivity contribution is 7.09. The SMILES string of the molecule is CCNC(=NCc1nc(C(F)(F)F)cs1)NCC1CN(C)CCO1. The van der Waals surface area contributed by atoms with Gasteiger partial charge in [-0.15, -0.1) is 11.3 Å². The maximum absolute atomic E-state index is 12.5. The molecule has 1 aliphatic rings. The van der Waals surface area contributed by atoms with Crippen molar-refractivity contribution in [2.45, 2.75) is 25.7 Å². The summed E-state index contributed by atoms with van der Waals surface area (Å²) >= 11 is 0.958. The molecule has 1 aromatic heterocycles. The highest BCUT2D eigenvalue weighted by atomic mass is 32.1. The molecule has 1 aromatic rings. The number of hydrogen-bond donors (Lipinski definition) is 2. The number of likely N-dealkylation sites (N-methyl/N-ethyl adjacent to an activating group) is 1. The summed E-state index contributed by atoms with van der Waals surface area (Å²) in [6.07, 6.45) is -4.35. The lowest BCUT2D eigenvalue weighted by Crippen LogP contribution is -2.48. The molecule has 0 aromatic carbocycles. The van der Waals surface area contributed by atoms with Crippen molar-refractivity contribution in [2.75, 3.05) is 39.8 Å². The van der Waals surface area contributed by atoms with Crippen LogP contribution in [-0.2, 0) is 17.5 Å². The van der Waals surface area contributed by atoms with Gasteiger partial charge >= 0.3 is 6.18 Å². The molecule has 1 saturated heterocycles. The van der Waals surface area contributed by atoms with Crippen LogP contribution in [0.4, 0.5) is 13.2 Å². The molecule has 0 spiro atoms. The second-order valence-electron chi connectivity index (χ2n) is 5.46. The summed E-state index contributed by atoms with van der Waals surface area (Å²) in [5.74, 6) is 0.540. The number of aliphatic imine (C=N–C) groups is 1. The second-order valence-corrected chi connectivity index (χ2v) is 6.40. The van der Waals surface area contributed by atoms with Crippen LogP contribution in [0.2, 0.25) is 0 Å². The number of ether oxygens (including phenoxy) is 1. The average molecular weight is 365 g/mol. The number of halogens is 3. The topological polar surface area (TPSA) is 61.8 Å². The highest BCUT2D eigenvalue weighted by Gasteiger charge is 2.33. The first kappa shape index (κ1) is 18.9. The predicted molar refractivity (Wildman–Crippen MR) is 87.2 cm³/mol. The standard InChI is InChI=1S/C14H22F3N5OS/c1-3-18-13(19-6-10-8-22(2)4-5-23-10)20-7-12-21-11(9-24-12)14(15,16)17/h9-10H,3-8H2,1-2H3,(H2,18,19,20). The summed E-state index contributed by atoms with van der Waals surface area (Å²) in [4.78, 5) is 10.1. The van der Waals surface area contributed by atoms with Crippen LogP contribution in [0.5, 0.6) is 0 Å². The summed E-state index contributed by atoms with van der Waals surface area (Å²) in [7, 11) is 2.04. The number of aromatic nitrogens is 1. The van der Waals surface area contributed by atoms with E-state index >= 15 is 0 Å². The Kier molecular flexibility index (Phi) is 6.81. The van der Waals surface area contributed by atoms with Crippen LogP contribution in [0.1, 0.15) is 17.6 Å². The van der Waals surface area contributed by atoms with Gasteiger partial charge in [0.2, 0.25) is 0 Å². The van der Waals surface area contributed by atoms with Crippen molar-refractivity contribution in [1.82, 2.24) is 20.5 Å². The maximum Gasteiger partial charge on any atom is 0.434 e. The van der Waals surface area contributed by atoms with Gasteiger partial charge in [-0.3, -0.25) is 0 Å². The van der Waals surface area contributed by atoms with Gasteiger partial charge in [-0.25, -0.2) is 9.98 Å². The Morgan fingerprint density at radius 1 is 1.50 bits per heavy atom. The van der Waals surface area contributed by atoms with Crippen LogP contribution in [0.25, 0.3) is 0 Å². The molecule has 2 heterocycles. The fourth-order valence-corrected chi connectivity index (χ4v) is 2.93. The summed E-state index contributed by atoms with van der Waals surface area (Å²) in [5, 5.41) is 7.56. The Morgan fingerprint density at radius 2 is 2.29 bits per heavy atom. The van der Waals surface area contributed by atoms with E-state index in [1.54, 1.807) is 0 Å². The smallest absolute Gasteiger partial charge is 0.374 e. The van der Waals surface area contributed by atoms with Crippen LogP contribution in [0, 0.1) is 0 Å². The first-order valence-electron chi connectivity index (χ1n) is 7.72. The van der Waals surface area contributed by atoms with E-state index in [9.17, 15) is 13.2 Å². The van der Waals surface area contributed by atoms with Crippen molar-refractivity contribution in [1.29, 1.82) is 0 Å². The molecule has 6 nitrogen and oxygen atoms in total. The number of rotatable bonds is 5. The highest BCUT2D eigenvalue weighted by Crippen LogP contribution is 2.30. The minimum Gasteiger partial charge on any atom is -0.374 e. The zero-order chi connectivity index (χ0) is 17.6. The fraction of sp³-hybridized carbons (Fsp3) is 0.714. The van der Waals surface area contributed by atoms with E-state index < -0.39 is 11.9 Å². The fourth-order valence-electron chi connectivity index (χ4n) is 2.20. The van der Waals surface area contributed by atoms with E-state index in [0.29, 0.717) is 30.7 Å². The van der Waals surface area contributed by atoms with Crippen molar-refractivity contribution < 1.29 is 17.9 Å². The summed E-state index contributed by atoms with van der Waals surface area (Å²) < 4.78 is 43.3. The van der Waals surface area contributed by atoms with Gasteiger partial charge in [0.1, 0.15) is 5.01 Å². The molecular weight excluding hydrogens is 343 g/mol. The number of hydrogen-bond acceptors (Lipinski definition) is 5. The molecule has 0 amide bonds. The molecule has 0 bridgehead atoms. The largest absolute Gasteiger partial charge is 0.434 e. The van der Waals surface area contributed by atoms with Gasteiger partial charge in [-0.05, 0) is 14.0 Å². The van der Waals surface area contributed by atoms with E-state index in [-0.39, 0.29) is 12.6 Å². The van der Waals surface area contributed by atoms with E-state index in [4.69, 9.17) is 4.74 Å². The summed E-state index contributed by atoms with van der Waals surface area (Å²) in [5.41, 5.74) is -0.866. The molecule has 136 valence electrons. The quantitative estimate of drug-likeness (QED) is 0.612. The van der Waals surface area contributed by atoms with Crippen molar-refractivity contribution in [3.8, 4) is 0 Å². The van der Waals surface area contributed by atoms with Gasteiger partial charge < -0.3 is 20.3 Å². The first-order chi connectivity index (χ1) is 11.4. The predicted octanol–water partition coefficient (Wildman–Crippen LogP) is 1.55. The molecule has 0 saturated carbocycles. The molecule has 2 rings (SSSR count). The lowest BCUT2D eigenvalue weighted by atomic mass is 10.3. The number of alkyl halides is 3. The lowest BCUT2D eigenvalue weighted by molar-refractivity contribution is -0.140. The number of nitrogens with one attached hydrogen (secondary N) is 2.